The summed E-state index contributed by atoms with van der Waals surface area (Å²) in [6.07, 6.45) is 0.358. The Labute approximate surface area is 129 Å². The van der Waals surface area contributed by atoms with Gasteiger partial charge in [0.25, 0.3) is 0 Å². The van der Waals surface area contributed by atoms with Crippen LogP contribution >= 0.6 is 11.6 Å². The van der Waals surface area contributed by atoms with Crippen molar-refractivity contribution in [2.75, 3.05) is 24.3 Å². The first-order valence-corrected chi connectivity index (χ1v) is 6.99. The third-order valence-corrected chi connectivity index (χ3v) is 3.24. The molecule has 5 heteroatoms. The van der Waals surface area contributed by atoms with Gasteiger partial charge in [0, 0.05) is 18.7 Å². The fourth-order valence-corrected chi connectivity index (χ4v) is 2.02. The highest BCUT2D eigenvalue weighted by atomic mass is 35.5. The molecule has 0 saturated carbocycles. The molecule has 0 radical (unpaired) electrons. The van der Waals surface area contributed by atoms with Gasteiger partial charge in [-0.1, -0.05) is 23.7 Å². The second-order valence-corrected chi connectivity index (χ2v) is 4.84. The number of methoxy groups -OCH3 is 1. The lowest BCUT2D eigenvalue weighted by molar-refractivity contribution is -0.115. The van der Waals surface area contributed by atoms with Gasteiger partial charge in [0.1, 0.15) is 5.75 Å². The average molecular weight is 305 g/mol. The van der Waals surface area contributed by atoms with E-state index < -0.39 is 0 Å². The number of carbonyl (C=O) groups excluding carboxylic acids is 1. The molecule has 0 aliphatic rings. The van der Waals surface area contributed by atoms with Crippen molar-refractivity contribution in [3.63, 3.8) is 0 Å². The smallest absolute Gasteiger partial charge is 0.226 e. The molecule has 0 saturated heterocycles. The summed E-state index contributed by atoms with van der Waals surface area (Å²) in [5, 5.41) is 6.61. The third-order valence-electron chi connectivity index (χ3n) is 2.92. The summed E-state index contributed by atoms with van der Waals surface area (Å²) in [6.45, 7) is 0.520. The van der Waals surface area contributed by atoms with E-state index >= 15 is 0 Å². The maximum absolute atomic E-state index is 11.8. The molecule has 2 rings (SSSR count). The van der Waals surface area contributed by atoms with Crippen LogP contribution in [0, 0.1) is 0 Å². The number of benzene rings is 2. The van der Waals surface area contributed by atoms with Crippen LogP contribution in [-0.4, -0.2) is 19.6 Å². The van der Waals surface area contributed by atoms with Gasteiger partial charge in [0.15, 0.2) is 0 Å². The molecule has 0 unspecified atom stereocenters. The first-order chi connectivity index (χ1) is 10.2. The number of nitrogens with one attached hydrogen (secondary N) is 2. The zero-order chi connectivity index (χ0) is 15.1. The molecule has 0 heterocycles. The Kier molecular flexibility index (Phi) is 5.46. The number of hydrogen-bond acceptors (Lipinski definition) is 3. The van der Waals surface area contributed by atoms with E-state index in [2.05, 4.69) is 10.6 Å². The highest BCUT2D eigenvalue weighted by molar-refractivity contribution is 6.33. The van der Waals surface area contributed by atoms with Gasteiger partial charge < -0.3 is 15.4 Å². The summed E-state index contributed by atoms with van der Waals surface area (Å²) in [7, 11) is 1.61. The van der Waals surface area contributed by atoms with Crippen LogP contribution in [0.3, 0.4) is 0 Å². The summed E-state index contributed by atoms with van der Waals surface area (Å²) in [5.74, 6) is 0.702. The van der Waals surface area contributed by atoms with Crippen LogP contribution in [0.2, 0.25) is 5.02 Å². The summed E-state index contributed by atoms with van der Waals surface area (Å²) in [4.78, 5) is 11.8. The molecule has 0 aliphatic heterocycles. The molecule has 0 bridgehead atoms. The molecule has 0 fully saturated rings. The summed E-state index contributed by atoms with van der Waals surface area (Å²) in [5.41, 5.74) is 1.58. The Morgan fingerprint density at radius 2 is 1.86 bits per heavy atom. The molecule has 0 aliphatic carbocycles. The first-order valence-electron chi connectivity index (χ1n) is 6.61. The maximum Gasteiger partial charge on any atom is 0.226 e. The minimum absolute atomic E-state index is 0.0558. The van der Waals surface area contributed by atoms with Gasteiger partial charge in [-0.05, 0) is 36.4 Å². The van der Waals surface area contributed by atoms with Crippen LogP contribution in [-0.2, 0) is 4.79 Å². The molecule has 21 heavy (non-hydrogen) atoms. The standard InChI is InChI=1S/C16H17ClN2O2/c1-21-13-8-6-12(7-9-13)19-16(20)10-11-18-15-5-3-2-4-14(15)17/h2-9,18H,10-11H2,1H3,(H,19,20). The third kappa shape index (κ3) is 4.68. The molecule has 0 spiro atoms. The molecular weight excluding hydrogens is 288 g/mol. The number of amides is 1. The molecule has 110 valence electrons. The second-order valence-electron chi connectivity index (χ2n) is 4.43. The summed E-state index contributed by atoms with van der Waals surface area (Å²) >= 11 is 6.02. The van der Waals surface area contributed by atoms with Crippen molar-refractivity contribution < 1.29 is 9.53 Å². The number of hydrogen-bond donors (Lipinski definition) is 2. The van der Waals surface area contributed by atoms with Gasteiger partial charge >= 0.3 is 0 Å². The number of anilines is 2. The molecule has 2 aromatic rings. The van der Waals surface area contributed by atoms with Crippen LogP contribution in [0.25, 0.3) is 0 Å². The molecule has 4 nitrogen and oxygen atoms in total. The topological polar surface area (TPSA) is 50.4 Å². The minimum Gasteiger partial charge on any atom is -0.497 e. The van der Waals surface area contributed by atoms with Gasteiger partial charge in [0.05, 0.1) is 17.8 Å². The van der Waals surface area contributed by atoms with E-state index in [9.17, 15) is 4.79 Å². The van der Waals surface area contributed by atoms with Crippen molar-refractivity contribution in [3.8, 4) is 5.75 Å². The number of para-hydroxylation sites is 1. The van der Waals surface area contributed by atoms with Crippen molar-refractivity contribution in [1.29, 1.82) is 0 Å². The van der Waals surface area contributed by atoms with Gasteiger partial charge in [-0.15, -0.1) is 0 Å². The highest BCUT2D eigenvalue weighted by Gasteiger charge is 2.03. The van der Waals surface area contributed by atoms with E-state index in [-0.39, 0.29) is 5.91 Å². The van der Waals surface area contributed by atoms with E-state index in [0.29, 0.717) is 18.0 Å². The van der Waals surface area contributed by atoms with E-state index in [1.807, 2.05) is 18.2 Å². The molecule has 1 amide bonds. The Balaban J connectivity index is 1.78. The van der Waals surface area contributed by atoms with Crippen LogP contribution in [0.5, 0.6) is 5.75 Å². The number of ether oxygens (including phenoxy) is 1. The van der Waals surface area contributed by atoms with E-state index in [4.69, 9.17) is 16.3 Å². The van der Waals surface area contributed by atoms with Gasteiger partial charge in [-0.2, -0.15) is 0 Å². The van der Waals surface area contributed by atoms with Crippen molar-refractivity contribution in [1.82, 2.24) is 0 Å². The van der Waals surface area contributed by atoms with Crippen molar-refractivity contribution >= 4 is 28.9 Å². The number of halogens is 1. The number of carbonyl (C=O) groups is 1. The van der Waals surface area contributed by atoms with Crippen LogP contribution in [0.1, 0.15) is 6.42 Å². The van der Waals surface area contributed by atoms with Crippen molar-refractivity contribution in [2.45, 2.75) is 6.42 Å². The van der Waals surface area contributed by atoms with Crippen LogP contribution in [0.15, 0.2) is 48.5 Å². The normalized spacial score (nSPS) is 10.0. The fraction of sp³-hybridized carbons (Fsp3) is 0.188. The van der Waals surface area contributed by atoms with Crippen LogP contribution in [0.4, 0.5) is 11.4 Å². The van der Waals surface area contributed by atoms with E-state index in [0.717, 1.165) is 17.1 Å². The summed E-state index contributed by atoms with van der Waals surface area (Å²) < 4.78 is 5.06. The molecule has 0 aromatic heterocycles. The zero-order valence-corrected chi connectivity index (χ0v) is 12.5. The van der Waals surface area contributed by atoms with Crippen molar-refractivity contribution in [2.24, 2.45) is 0 Å². The number of rotatable bonds is 6. The average Bonchev–Trinajstić information content (AvgIpc) is 2.50. The Bertz CT molecular complexity index is 599. The lowest BCUT2D eigenvalue weighted by atomic mass is 10.3. The lowest BCUT2D eigenvalue weighted by Gasteiger charge is -2.09. The Morgan fingerprint density at radius 3 is 2.52 bits per heavy atom. The maximum atomic E-state index is 11.8. The molecule has 2 N–H and O–H groups in total. The Morgan fingerprint density at radius 1 is 1.14 bits per heavy atom. The van der Waals surface area contributed by atoms with Gasteiger partial charge in [-0.3, -0.25) is 4.79 Å². The monoisotopic (exact) mass is 304 g/mol. The van der Waals surface area contributed by atoms with Gasteiger partial charge in [0.2, 0.25) is 5.91 Å². The van der Waals surface area contributed by atoms with E-state index in [1.165, 1.54) is 0 Å². The van der Waals surface area contributed by atoms with E-state index in [1.54, 1.807) is 37.4 Å². The Hall–Kier alpha value is -2.20. The molecule has 2 aromatic carbocycles. The van der Waals surface area contributed by atoms with Crippen molar-refractivity contribution in [3.05, 3.63) is 53.6 Å². The zero-order valence-electron chi connectivity index (χ0n) is 11.7. The summed E-state index contributed by atoms with van der Waals surface area (Å²) in [6, 6.07) is 14.7. The predicted molar refractivity (Wildman–Crippen MR) is 86.2 cm³/mol. The highest BCUT2D eigenvalue weighted by Crippen LogP contribution is 2.20. The van der Waals surface area contributed by atoms with Gasteiger partial charge in [-0.25, -0.2) is 0 Å². The quantitative estimate of drug-likeness (QED) is 0.853. The largest absolute Gasteiger partial charge is 0.497 e. The first kappa shape index (κ1) is 15.2. The van der Waals surface area contributed by atoms with Crippen LogP contribution < -0.4 is 15.4 Å². The second kappa shape index (κ2) is 7.55. The predicted octanol–water partition coefficient (Wildman–Crippen LogP) is 3.79. The molecular formula is C16H17ClN2O2. The lowest BCUT2D eigenvalue weighted by Crippen LogP contribution is -2.16. The molecule has 0 atom stereocenters. The minimum atomic E-state index is -0.0558. The SMILES string of the molecule is COc1ccc(NC(=O)CCNc2ccccc2Cl)cc1. The fourth-order valence-electron chi connectivity index (χ4n) is 1.81.